The molecule has 5 heteroatoms. The molecule has 0 saturated heterocycles. The molecule has 0 fully saturated rings. The number of nitrogens with zero attached hydrogens (tertiary/aromatic N) is 3. The van der Waals surface area contributed by atoms with E-state index in [4.69, 9.17) is 23.2 Å². The van der Waals surface area contributed by atoms with Crippen LogP contribution in [0, 0.1) is 0 Å². The fourth-order valence-electron chi connectivity index (χ4n) is 1.07. The third kappa shape index (κ3) is 2.49. The average Bonchev–Trinajstić information content (AvgIpc) is 2.19. The summed E-state index contributed by atoms with van der Waals surface area (Å²) in [5.41, 5.74) is 0. The number of rotatable bonds is 3. The summed E-state index contributed by atoms with van der Waals surface area (Å²) in [6, 6.07) is 0.374. The largest absolute Gasteiger partial charge is 0.356 e. The van der Waals surface area contributed by atoms with Crippen LogP contribution in [0.3, 0.4) is 0 Å². The van der Waals surface area contributed by atoms with Gasteiger partial charge in [0.1, 0.15) is 5.02 Å². The molecule has 0 aromatic carbocycles. The monoisotopic (exact) mass is 233 g/mol. The second-order valence-corrected chi connectivity index (χ2v) is 3.92. The zero-order chi connectivity index (χ0) is 10.7. The highest BCUT2D eigenvalue weighted by Gasteiger charge is 2.13. The third-order valence-electron chi connectivity index (χ3n) is 2.28. The Balaban J connectivity index is 2.99. The summed E-state index contributed by atoms with van der Waals surface area (Å²) in [5.74, 6) is 0.681. The van der Waals surface area contributed by atoms with Gasteiger partial charge in [0.2, 0.25) is 5.28 Å². The van der Waals surface area contributed by atoms with E-state index in [1.54, 1.807) is 0 Å². The second-order valence-electron chi connectivity index (χ2n) is 3.18. The fourth-order valence-corrected chi connectivity index (χ4v) is 1.42. The van der Waals surface area contributed by atoms with Crippen molar-refractivity contribution in [2.24, 2.45) is 0 Å². The van der Waals surface area contributed by atoms with E-state index < -0.39 is 0 Å². The molecule has 0 aliphatic carbocycles. The molecule has 0 aliphatic heterocycles. The van der Waals surface area contributed by atoms with Crippen LogP contribution < -0.4 is 4.90 Å². The van der Waals surface area contributed by atoms with E-state index in [0.29, 0.717) is 16.9 Å². The molecule has 3 nitrogen and oxygen atoms in total. The van der Waals surface area contributed by atoms with Gasteiger partial charge in [-0.05, 0) is 24.9 Å². The molecule has 78 valence electrons. The molecule has 1 aromatic heterocycles. The SMILES string of the molecule is CCC(C)N(C)c1nc(Cl)ncc1Cl. The lowest BCUT2D eigenvalue weighted by Gasteiger charge is -2.25. The summed E-state index contributed by atoms with van der Waals surface area (Å²) < 4.78 is 0. The number of halogens is 2. The lowest BCUT2D eigenvalue weighted by Crippen LogP contribution is -2.29. The molecular weight excluding hydrogens is 221 g/mol. The van der Waals surface area contributed by atoms with Crippen LogP contribution in [0.5, 0.6) is 0 Å². The van der Waals surface area contributed by atoms with Crippen LogP contribution in [0.15, 0.2) is 6.20 Å². The standard InChI is InChI=1S/C9H13Cl2N3/c1-4-6(2)14(3)8-7(10)5-12-9(11)13-8/h5-6H,4H2,1-3H3. The Labute approximate surface area is 94.1 Å². The average molecular weight is 234 g/mol. The zero-order valence-corrected chi connectivity index (χ0v) is 9.97. The zero-order valence-electron chi connectivity index (χ0n) is 8.46. The van der Waals surface area contributed by atoms with E-state index in [-0.39, 0.29) is 5.28 Å². The smallest absolute Gasteiger partial charge is 0.224 e. The van der Waals surface area contributed by atoms with Crippen molar-refractivity contribution in [2.75, 3.05) is 11.9 Å². The van der Waals surface area contributed by atoms with Crippen LogP contribution in [0.4, 0.5) is 5.82 Å². The highest BCUT2D eigenvalue weighted by molar-refractivity contribution is 6.33. The van der Waals surface area contributed by atoms with Crippen molar-refractivity contribution in [3.05, 3.63) is 16.5 Å². The first-order valence-corrected chi connectivity index (χ1v) is 5.22. The Bertz CT molecular complexity index is 317. The topological polar surface area (TPSA) is 29.0 Å². The highest BCUT2D eigenvalue weighted by Crippen LogP contribution is 2.24. The van der Waals surface area contributed by atoms with Gasteiger partial charge in [-0.25, -0.2) is 4.98 Å². The van der Waals surface area contributed by atoms with Crippen LogP contribution >= 0.6 is 23.2 Å². The molecule has 0 aliphatic rings. The first kappa shape index (κ1) is 11.5. The molecular formula is C9H13Cl2N3. The predicted molar refractivity (Wildman–Crippen MR) is 60.2 cm³/mol. The first-order valence-electron chi connectivity index (χ1n) is 4.47. The Hall–Kier alpha value is -0.540. The molecule has 0 saturated carbocycles. The van der Waals surface area contributed by atoms with Gasteiger partial charge in [0, 0.05) is 13.1 Å². The second kappa shape index (κ2) is 4.80. The van der Waals surface area contributed by atoms with Crippen molar-refractivity contribution in [1.29, 1.82) is 0 Å². The first-order chi connectivity index (χ1) is 6.56. The maximum Gasteiger partial charge on any atom is 0.224 e. The van der Waals surface area contributed by atoms with Crippen molar-refractivity contribution in [2.45, 2.75) is 26.3 Å². The van der Waals surface area contributed by atoms with E-state index in [9.17, 15) is 0 Å². The van der Waals surface area contributed by atoms with Gasteiger partial charge in [-0.1, -0.05) is 18.5 Å². The molecule has 0 amide bonds. The quantitative estimate of drug-likeness (QED) is 0.752. The lowest BCUT2D eigenvalue weighted by atomic mass is 10.2. The van der Waals surface area contributed by atoms with E-state index in [2.05, 4.69) is 23.8 Å². The third-order valence-corrected chi connectivity index (χ3v) is 2.73. The molecule has 1 heterocycles. The van der Waals surface area contributed by atoms with Gasteiger partial charge in [-0.15, -0.1) is 0 Å². The van der Waals surface area contributed by atoms with E-state index >= 15 is 0 Å². The van der Waals surface area contributed by atoms with Gasteiger partial charge in [0.25, 0.3) is 0 Å². The minimum absolute atomic E-state index is 0.222. The van der Waals surface area contributed by atoms with Gasteiger partial charge in [-0.3, -0.25) is 0 Å². The Morgan fingerprint density at radius 2 is 2.14 bits per heavy atom. The van der Waals surface area contributed by atoms with Crippen LogP contribution in [-0.2, 0) is 0 Å². The molecule has 0 bridgehead atoms. The molecule has 0 radical (unpaired) electrons. The lowest BCUT2D eigenvalue weighted by molar-refractivity contribution is 0.656. The summed E-state index contributed by atoms with van der Waals surface area (Å²) in [6.45, 7) is 4.21. The normalized spacial score (nSPS) is 12.6. The Morgan fingerprint density at radius 1 is 1.50 bits per heavy atom. The Morgan fingerprint density at radius 3 is 2.71 bits per heavy atom. The molecule has 0 spiro atoms. The summed E-state index contributed by atoms with van der Waals surface area (Å²) in [4.78, 5) is 9.89. The van der Waals surface area contributed by atoms with Crippen LogP contribution in [0.2, 0.25) is 10.3 Å². The van der Waals surface area contributed by atoms with Crippen molar-refractivity contribution in [3.63, 3.8) is 0 Å². The number of anilines is 1. The highest BCUT2D eigenvalue weighted by atomic mass is 35.5. The van der Waals surface area contributed by atoms with Gasteiger partial charge < -0.3 is 4.90 Å². The van der Waals surface area contributed by atoms with Crippen molar-refractivity contribution < 1.29 is 0 Å². The van der Waals surface area contributed by atoms with Gasteiger partial charge >= 0.3 is 0 Å². The van der Waals surface area contributed by atoms with E-state index in [1.165, 1.54) is 6.20 Å². The van der Waals surface area contributed by atoms with Gasteiger partial charge in [0.05, 0.1) is 6.20 Å². The van der Waals surface area contributed by atoms with Crippen molar-refractivity contribution in [3.8, 4) is 0 Å². The summed E-state index contributed by atoms with van der Waals surface area (Å²) >= 11 is 11.7. The minimum atomic E-state index is 0.222. The molecule has 1 rings (SSSR count). The summed E-state index contributed by atoms with van der Waals surface area (Å²) in [5, 5.41) is 0.747. The van der Waals surface area contributed by atoms with E-state index in [1.807, 2.05) is 11.9 Å². The summed E-state index contributed by atoms with van der Waals surface area (Å²) in [7, 11) is 1.94. The Kier molecular flexibility index (Phi) is 3.96. The van der Waals surface area contributed by atoms with Crippen LogP contribution in [0.25, 0.3) is 0 Å². The number of aromatic nitrogens is 2. The maximum atomic E-state index is 5.97. The number of hydrogen-bond donors (Lipinski definition) is 0. The van der Waals surface area contributed by atoms with Gasteiger partial charge in [-0.2, -0.15) is 4.98 Å². The molecule has 0 N–H and O–H groups in total. The van der Waals surface area contributed by atoms with Gasteiger partial charge in [0.15, 0.2) is 5.82 Å². The van der Waals surface area contributed by atoms with Crippen LogP contribution in [0.1, 0.15) is 20.3 Å². The molecule has 1 atom stereocenters. The predicted octanol–water partition coefficient (Wildman–Crippen LogP) is 3.02. The minimum Gasteiger partial charge on any atom is -0.356 e. The molecule has 1 aromatic rings. The maximum absolute atomic E-state index is 5.97. The van der Waals surface area contributed by atoms with E-state index in [0.717, 1.165) is 6.42 Å². The van der Waals surface area contributed by atoms with Crippen molar-refractivity contribution in [1.82, 2.24) is 9.97 Å². The molecule has 1 unspecified atom stereocenters. The summed E-state index contributed by atoms with van der Waals surface area (Å²) in [6.07, 6.45) is 2.54. The number of hydrogen-bond acceptors (Lipinski definition) is 3. The molecule has 14 heavy (non-hydrogen) atoms. The van der Waals surface area contributed by atoms with Crippen molar-refractivity contribution >= 4 is 29.0 Å². The van der Waals surface area contributed by atoms with Crippen LogP contribution in [-0.4, -0.2) is 23.1 Å². The fraction of sp³-hybridized carbons (Fsp3) is 0.556.